The third-order valence-electron chi connectivity index (χ3n) is 5.56. The summed E-state index contributed by atoms with van der Waals surface area (Å²) in [5.74, 6) is 0.496. The number of nitrogens with one attached hydrogen (secondary N) is 2. The summed E-state index contributed by atoms with van der Waals surface area (Å²) < 4.78 is 5.71. The summed E-state index contributed by atoms with van der Waals surface area (Å²) in [6, 6.07) is 5.22. The average molecular weight is 487 g/mol. The van der Waals surface area contributed by atoms with Crippen molar-refractivity contribution in [3.8, 4) is 11.6 Å². The van der Waals surface area contributed by atoms with E-state index in [1.54, 1.807) is 24.4 Å². The number of hydrogen-bond donors (Lipinski definition) is 4. The van der Waals surface area contributed by atoms with Gasteiger partial charge in [-0.05, 0) is 37.5 Å². The van der Waals surface area contributed by atoms with Gasteiger partial charge in [0.1, 0.15) is 23.5 Å². The standard InChI is InChI=1S/C23H27ClN6O4/c24-17-12-15(5-6-18(17)34-11-3-1-2-4-19(31)32)26-13-16-20-21(29-23(16)33)27-14-28-22(20)30-9-7-25-8-10-30/h5-6,12-14,25,33H,1-4,7-11H2,(H,31,32)(H,27,28,29). The zero-order chi connectivity index (χ0) is 23.9. The molecule has 1 saturated heterocycles. The van der Waals surface area contributed by atoms with E-state index in [9.17, 15) is 9.90 Å². The highest BCUT2D eigenvalue weighted by atomic mass is 35.5. The van der Waals surface area contributed by atoms with Gasteiger partial charge in [-0.2, -0.15) is 0 Å². The maximum Gasteiger partial charge on any atom is 0.303 e. The Labute approximate surface area is 201 Å². The van der Waals surface area contributed by atoms with Crippen LogP contribution in [-0.2, 0) is 4.79 Å². The first kappa shape index (κ1) is 23.8. The monoisotopic (exact) mass is 486 g/mol. The van der Waals surface area contributed by atoms with Crippen molar-refractivity contribution >= 4 is 46.3 Å². The zero-order valence-electron chi connectivity index (χ0n) is 18.6. The van der Waals surface area contributed by atoms with Gasteiger partial charge in [0.25, 0.3) is 0 Å². The molecule has 1 aliphatic heterocycles. The van der Waals surface area contributed by atoms with Crippen molar-refractivity contribution in [2.24, 2.45) is 4.99 Å². The summed E-state index contributed by atoms with van der Waals surface area (Å²) in [5.41, 5.74) is 1.67. The van der Waals surface area contributed by atoms with Gasteiger partial charge in [-0.25, -0.2) is 9.97 Å². The van der Waals surface area contributed by atoms with E-state index in [2.05, 4.69) is 30.2 Å². The molecule has 1 aromatic carbocycles. The normalized spacial score (nSPS) is 14.2. The summed E-state index contributed by atoms with van der Waals surface area (Å²) in [6.45, 7) is 3.80. The second-order valence-electron chi connectivity index (χ2n) is 7.97. The number of halogens is 1. The highest BCUT2D eigenvalue weighted by molar-refractivity contribution is 6.32. The number of anilines is 1. The van der Waals surface area contributed by atoms with Gasteiger partial charge in [0.15, 0.2) is 5.88 Å². The topological polar surface area (TPSA) is 136 Å². The number of nitrogens with zero attached hydrogens (tertiary/aromatic N) is 4. The predicted molar refractivity (Wildman–Crippen MR) is 131 cm³/mol. The van der Waals surface area contributed by atoms with Crippen LogP contribution in [0, 0.1) is 0 Å². The molecule has 10 nitrogen and oxygen atoms in total. The van der Waals surface area contributed by atoms with Gasteiger partial charge in [0.2, 0.25) is 0 Å². The summed E-state index contributed by atoms with van der Waals surface area (Å²) >= 11 is 6.36. The molecular formula is C23H27ClN6O4. The molecule has 2 aromatic heterocycles. The molecule has 4 N–H and O–H groups in total. The van der Waals surface area contributed by atoms with Crippen molar-refractivity contribution in [3.05, 3.63) is 35.1 Å². The molecule has 0 radical (unpaired) electrons. The molecule has 4 rings (SSSR count). The number of fused-ring (bicyclic) bond motifs is 1. The van der Waals surface area contributed by atoms with Crippen LogP contribution < -0.4 is 15.0 Å². The Morgan fingerprint density at radius 2 is 2.06 bits per heavy atom. The van der Waals surface area contributed by atoms with Gasteiger partial charge in [0.05, 0.1) is 28.3 Å². The molecule has 3 aromatic rings. The molecule has 0 bridgehead atoms. The molecule has 1 fully saturated rings. The Bertz CT molecular complexity index is 1180. The number of aliphatic imine (C=N–C) groups is 1. The van der Waals surface area contributed by atoms with Crippen molar-refractivity contribution < 1.29 is 19.7 Å². The van der Waals surface area contributed by atoms with E-state index >= 15 is 0 Å². The minimum Gasteiger partial charge on any atom is -0.494 e. The lowest BCUT2D eigenvalue weighted by atomic mass is 10.2. The SMILES string of the molecule is O=C(O)CCCCCOc1ccc(N=Cc2c(O)[nH]c3ncnc(N4CCNCC4)c23)cc1Cl. The fourth-order valence-electron chi connectivity index (χ4n) is 3.82. The number of aromatic hydroxyl groups is 1. The molecule has 3 heterocycles. The number of hydrogen-bond acceptors (Lipinski definition) is 8. The number of carboxylic acids is 1. The van der Waals surface area contributed by atoms with Gasteiger partial charge in [-0.15, -0.1) is 0 Å². The molecule has 0 unspecified atom stereocenters. The van der Waals surface area contributed by atoms with E-state index in [1.165, 1.54) is 6.33 Å². The van der Waals surface area contributed by atoms with E-state index in [4.69, 9.17) is 21.4 Å². The lowest BCUT2D eigenvalue weighted by molar-refractivity contribution is -0.137. The number of benzene rings is 1. The van der Waals surface area contributed by atoms with Crippen LogP contribution in [0.1, 0.15) is 31.2 Å². The van der Waals surface area contributed by atoms with Crippen LogP contribution in [0.2, 0.25) is 5.02 Å². The van der Waals surface area contributed by atoms with Crippen LogP contribution in [0.4, 0.5) is 11.5 Å². The minimum atomic E-state index is -0.784. The highest BCUT2D eigenvalue weighted by Crippen LogP contribution is 2.33. The first-order valence-corrected chi connectivity index (χ1v) is 11.6. The van der Waals surface area contributed by atoms with E-state index < -0.39 is 5.97 Å². The summed E-state index contributed by atoms with van der Waals surface area (Å²) in [6.07, 6.45) is 5.39. The first-order chi connectivity index (χ1) is 16.5. The van der Waals surface area contributed by atoms with Crippen LogP contribution in [0.25, 0.3) is 11.0 Å². The van der Waals surface area contributed by atoms with E-state index in [1.807, 2.05) is 0 Å². The van der Waals surface area contributed by atoms with Crippen molar-refractivity contribution in [1.29, 1.82) is 0 Å². The Morgan fingerprint density at radius 1 is 1.24 bits per heavy atom. The number of carbonyl (C=O) groups is 1. The smallest absolute Gasteiger partial charge is 0.303 e. The number of ether oxygens (including phenoxy) is 1. The van der Waals surface area contributed by atoms with Crippen LogP contribution in [0.15, 0.2) is 29.5 Å². The number of carboxylic acid groups (broad SMARTS) is 1. The maximum absolute atomic E-state index is 10.5. The van der Waals surface area contributed by atoms with Crippen LogP contribution >= 0.6 is 11.6 Å². The van der Waals surface area contributed by atoms with Crippen molar-refractivity contribution in [2.75, 3.05) is 37.7 Å². The molecule has 0 spiro atoms. The molecule has 1 aliphatic rings. The van der Waals surface area contributed by atoms with Gasteiger partial charge < -0.3 is 30.2 Å². The molecule has 0 saturated carbocycles. The van der Waals surface area contributed by atoms with E-state index in [0.29, 0.717) is 40.7 Å². The Balaban J connectivity index is 1.46. The van der Waals surface area contributed by atoms with Crippen molar-refractivity contribution in [1.82, 2.24) is 20.3 Å². The third kappa shape index (κ3) is 5.75. The second-order valence-corrected chi connectivity index (χ2v) is 8.38. The molecule has 0 amide bonds. The summed E-state index contributed by atoms with van der Waals surface area (Å²) in [5, 5.41) is 23.6. The lowest BCUT2D eigenvalue weighted by Gasteiger charge is -2.28. The van der Waals surface area contributed by atoms with Crippen LogP contribution in [-0.4, -0.2) is 70.1 Å². The van der Waals surface area contributed by atoms with Gasteiger partial charge in [0, 0.05) is 38.8 Å². The second kappa shape index (κ2) is 11.2. The van der Waals surface area contributed by atoms with E-state index in [-0.39, 0.29) is 12.3 Å². The number of rotatable bonds is 10. The summed E-state index contributed by atoms with van der Waals surface area (Å²) in [7, 11) is 0. The minimum absolute atomic E-state index is 0.0235. The maximum atomic E-state index is 10.5. The van der Waals surface area contributed by atoms with Crippen molar-refractivity contribution in [2.45, 2.75) is 25.7 Å². The summed E-state index contributed by atoms with van der Waals surface area (Å²) in [4.78, 5) is 28.8. The van der Waals surface area contributed by atoms with Gasteiger partial charge >= 0.3 is 5.97 Å². The molecule has 180 valence electrons. The number of unbranched alkanes of at least 4 members (excludes halogenated alkanes) is 2. The first-order valence-electron chi connectivity index (χ1n) is 11.2. The quantitative estimate of drug-likeness (QED) is 0.252. The largest absolute Gasteiger partial charge is 0.494 e. The number of H-pyrrole nitrogens is 1. The Hall–Kier alpha value is -3.37. The van der Waals surface area contributed by atoms with Crippen LogP contribution in [0.5, 0.6) is 11.6 Å². The fourth-order valence-corrected chi connectivity index (χ4v) is 4.05. The highest BCUT2D eigenvalue weighted by Gasteiger charge is 2.20. The Kier molecular flexibility index (Phi) is 7.81. The third-order valence-corrected chi connectivity index (χ3v) is 5.85. The van der Waals surface area contributed by atoms with E-state index in [0.717, 1.165) is 50.2 Å². The number of piperazine rings is 1. The zero-order valence-corrected chi connectivity index (χ0v) is 19.4. The van der Waals surface area contributed by atoms with Gasteiger partial charge in [-0.3, -0.25) is 9.79 Å². The Morgan fingerprint density at radius 3 is 2.82 bits per heavy atom. The molecule has 34 heavy (non-hydrogen) atoms. The predicted octanol–water partition coefficient (Wildman–Crippen LogP) is 3.50. The van der Waals surface area contributed by atoms with Crippen molar-refractivity contribution in [3.63, 3.8) is 0 Å². The van der Waals surface area contributed by atoms with Gasteiger partial charge in [-0.1, -0.05) is 11.6 Å². The van der Waals surface area contributed by atoms with Crippen LogP contribution in [0.3, 0.4) is 0 Å². The molecular weight excluding hydrogens is 460 g/mol. The molecule has 11 heteroatoms. The number of aliphatic carboxylic acids is 1. The molecule has 0 aliphatic carbocycles. The fraction of sp³-hybridized carbons (Fsp3) is 0.391. The lowest BCUT2D eigenvalue weighted by Crippen LogP contribution is -2.44. The number of aromatic amines is 1. The number of aromatic nitrogens is 3. The average Bonchev–Trinajstić information content (AvgIpc) is 3.16. The molecule has 0 atom stereocenters.